The van der Waals surface area contributed by atoms with Crippen molar-refractivity contribution in [2.45, 2.75) is 31.3 Å². The van der Waals surface area contributed by atoms with Crippen LogP contribution in [-0.2, 0) is 14.1 Å². The minimum absolute atomic E-state index is 0.0675. The van der Waals surface area contributed by atoms with Crippen molar-refractivity contribution in [3.05, 3.63) is 42.0 Å². The first kappa shape index (κ1) is 20.9. The number of aromatic hydroxyl groups is 1. The maximum absolute atomic E-state index is 14.5. The highest BCUT2D eigenvalue weighted by Crippen LogP contribution is 2.37. The van der Waals surface area contributed by atoms with Crippen LogP contribution in [0.3, 0.4) is 0 Å². The third kappa shape index (κ3) is 3.63. The van der Waals surface area contributed by atoms with E-state index in [2.05, 4.69) is 25.7 Å². The third-order valence-electron chi connectivity index (χ3n) is 6.61. The number of benzene rings is 2. The first-order chi connectivity index (χ1) is 16.4. The first-order valence-corrected chi connectivity index (χ1v) is 11.5. The molecular weight excluding hydrogens is 437 g/mol. The molecule has 1 aliphatic heterocycles. The minimum atomic E-state index is -0.551. The molecule has 2 aliphatic rings. The van der Waals surface area contributed by atoms with Crippen LogP contribution in [-0.4, -0.2) is 55.7 Å². The summed E-state index contributed by atoms with van der Waals surface area (Å²) in [5.41, 5.74) is 1.86. The lowest BCUT2D eigenvalue weighted by molar-refractivity contribution is 0.102. The van der Waals surface area contributed by atoms with E-state index in [-0.39, 0.29) is 22.5 Å². The normalized spacial score (nSPS) is 18.3. The number of aromatic nitrogens is 4. The van der Waals surface area contributed by atoms with E-state index >= 15 is 0 Å². The molecule has 2 fully saturated rings. The van der Waals surface area contributed by atoms with E-state index in [4.69, 9.17) is 0 Å². The summed E-state index contributed by atoms with van der Waals surface area (Å²) in [6.45, 7) is 1.71. The number of amides is 1. The average Bonchev–Trinajstić information content (AvgIpc) is 3.13. The Labute approximate surface area is 195 Å². The van der Waals surface area contributed by atoms with Gasteiger partial charge in [-0.3, -0.25) is 14.2 Å². The highest BCUT2D eigenvalue weighted by Gasteiger charge is 2.31. The summed E-state index contributed by atoms with van der Waals surface area (Å²) in [5, 5.41) is 27.2. The number of hydrogen-bond acceptors (Lipinski definition) is 6. The summed E-state index contributed by atoms with van der Waals surface area (Å²) in [6.07, 6.45) is 7.06. The maximum Gasteiger partial charge on any atom is 0.261 e. The van der Waals surface area contributed by atoms with Crippen molar-refractivity contribution in [1.82, 2.24) is 24.9 Å². The van der Waals surface area contributed by atoms with Crippen LogP contribution in [0.2, 0.25) is 0 Å². The highest BCUT2D eigenvalue weighted by atomic mass is 19.1. The molecule has 2 aromatic carbocycles. The van der Waals surface area contributed by atoms with Crippen LogP contribution in [0, 0.1) is 5.82 Å². The summed E-state index contributed by atoms with van der Waals surface area (Å²) in [7, 11) is 3.50. The van der Waals surface area contributed by atoms with Gasteiger partial charge in [-0.2, -0.15) is 10.2 Å². The molecule has 9 nitrogen and oxygen atoms in total. The molecule has 0 unspecified atom stereocenters. The zero-order chi connectivity index (χ0) is 23.6. The van der Waals surface area contributed by atoms with Crippen LogP contribution in [0.25, 0.3) is 21.8 Å². The molecule has 3 N–H and O–H groups in total. The number of anilines is 2. The number of fused-ring (bicyclic) bond motifs is 2. The summed E-state index contributed by atoms with van der Waals surface area (Å²) in [6, 6.07) is 5.58. The van der Waals surface area contributed by atoms with Crippen LogP contribution in [0.5, 0.6) is 5.75 Å². The van der Waals surface area contributed by atoms with Crippen LogP contribution >= 0.6 is 0 Å². The van der Waals surface area contributed by atoms with Crippen LogP contribution in [0.1, 0.15) is 29.6 Å². The summed E-state index contributed by atoms with van der Waals surface area (Å²) < 4.78 is 17.6. The van der Waals surface area contributed by atoms with Gasteiger partial charge in [0.1, 0.15) is 22.3 Å². The van der Waals surface area contributed by atoms with Crippen molar-refractivity contribution in [1.29, 1.82) is 0 Å². The van der Waals surface area contributed by atoms with Gasteiger partial charge in [0.2, 0.25) is 0 Å². The molecule has 3 heterocycles. The van der Waals surface area contributed by atoms with Gasteiger partial charge in [-0.05, 0) is 31.4 Å². The van der Waals surface area contributed by atoms with Crippen LogP contribution < -0.4 is 15.5 Å². The lowest BCUT2D eigenvalue weighted by Gasteiger charge is -2.21. The Morgan fingerprint density at radius 1 is 1.06 bits per heavy atom. The Balaban J connectivity index is 1.33. The van der Waals surface area contributed by atoms with Crippen molar-refractivity contribution in [3.8, 4) is 5.75 Å². The van der Waals surface area contributed by atoms with Gasteiger partial charge in [-0.1, -0.05) is 0 Å². The Morgan fingerprint density at radius 3 is 2.62 bits per heavy atom. The number of nitrogens with one attached hydrogen (secondary N) is 2. The quantitative estimate of drug-likeness (QED) is 0.421. The molecule has 1 aliphatic carbocycles. The van der Waals surface area contributed by atoms with E-state index in [9.17, 15) is 14.3 Å². The molecule has 10 heteroatoms. The van der Waals surface area contributed by atoms with Gasteiger partial charge in [0.05, 0.1) is 5.69 Å². The van der Waals surface area contributed by atoms with Gasteiger partial charge in [-0.25, -0.2) is 4.39 Å². The standard InChI is InChI=1S/C24H26FN7O2/c1-30-10-13-7-16(8-18(25)22(13)28-30)27-24(34)21-20(33)9-19(17-12-31(2)29-23(17)21)32-6-5-15(11-32)26-14-3-4-14/h7-10,12,14-15,26,33H,3-6,11H2,1-2H3,(H,27,34)/t15-/m1/s1. The number of nitrogens with zero attached hydrogens (tertiary/aromatic N) is 5. The Hall–Kier alpha value is -3.66. The van der Waals surface area contributed by atoms with Gasteiger partial charge >= 0.3 is 0 Å². The lowest BCUT2D eigenvalue weighted by Crippen LogP contribution is -2.34. The summed E-state index contributed by atoms with van der Waals surface area (Å²) in [4.78, 5) is 15.5. The second kappa shape index (κ2) is 7.69. The summed E-state index contributed by atoms with van der Waals surface area (Å²) in [5.74, 6) is -1.23. The number of carbonyl (C=O) groups excluding carboxylic acids is 1. The SMILES string of the molecule is Cn1cc2cc(NC(=O)c3c(O)cc(N4CC[C@@H](NC5CC5)C4)c4cn(C)nc34)cc(F)c2n1. The molecule has 1 amide bonds. The highest BCUT2D eigenvalue weighted by molar-refractivity contribution is 6.16. The zero-order valence-corrected chi connectivity index (χ0v) is 19.0. The fourth-order valence-electron chi connectivity index (χ4n) is 4.92. The molecule has 4 aromatic rings. The lowest BCUT2D eigenvalue weighted by atomic mass is 10.1. The van der Waals surface area contributed by atoms with Gasteiger partial charge < -0.3 is 20.6 Å². The number of aryl methyl sites for hydroxylation is 2. The predicted octanol–water partition coefficient (Wildman–Crippen LogP) is 2.89. The van der Waals surface area contributed by atoms with Crippen molar-refractivity contribution < 1.29 is 14.3 Å². The maximum atomic E-state index is 14.5. The first-order valence-electron chi connectivity index (χ1n) is 11.5. The molecule has 1 atom stereocenters. The molecular formula is C24H26FN7O2. The fourth-order valence-corrected chi connectivity index (χ4v) is 4.92. The van der Waals surface area contributed by atoms with E-state index in [1.54, 1.807) is 37.1 Å². The van der Waals surface area contributed by atoms with E-state index in [0.29, 0.717) is 23.0 Å². The Bertz CT molecular complexity index is 1440. The molecule has 2 aromatic heterocycles. The average molecular weight is 464 g/mol. The van der Waals surface area contributed by atoms with E-state index in [1.165, 1.54) is 23.6 Å². The van der Waals surface area contributed by atoms with E-state index < -0.39 is 11.7 Å². The number of hydrogen-bond donors (Lipinski definition) is 3. The fraction of sp³-hybridized carbons (Fsp3) is 0.375. The number of phenols is 1. The molecule has 34 heavy (non-hydrogen) atoms. The largest absolute Gasteiger partial charge is 0.507 e. The van der Waals surface area contributed by atoms with Crippen LogP contribution in [0.15, 0.2) is 30.6 Å². The molecule has 176 valence electrons. The van der Waals surface area contributed by atoms with Crippen LogP contribution in [0.4, 0.5) is 15.8 Å². The van der Waals surface area contributed by atoms with Crippen molar-refractivity contribution in [2.75, 3.05) is 23.3 Å². The smallest absolute Gasteiger partial charge is 0.261 e. The van der Waals surface area contributed by atoms with Crippen molar-refractivity contribution in [3.63, 3.8) is 0 Å². The molecule has 1 saturated heterocycles. The van der Waals surface area contributed by atoms with Gasteiger partial charge in [0.25, 0.3) is 5.91 Å². The number of halogens is 1. The van der Waals surface area contributed by atoms with E-state index in [0.717, 1.165) is 30.6 Å². The monoisotopic (exact) mass is 463 g/mol. The number of phenolic OH excluding ortho intramolecular Hbond substituents is 1. The Morgan fingerprint density at radius 2 is 1.82 bits per heavy atom. The predicted molar refractivity (Wildman–Crippen MR) is 128 cm³/mol. The van der Waals surface area contributed by atoms with Crippen molar-refractivity contribution >= 4 is 39.1 Å². The number of carbonyl (C=O) groups is 1. The number of rotatable bonds is 5. The van der Waals surface area contributed by atoms with Crippen molar-refractivity contribution in [2.24, 2.45) is 14.1 Å². The molecule has 0 spiro atoms. The zero-order valence-electron chi connectivity index (χ0n) is 19.0. The van der Waals surface area contributed by atoms with Gasteiger partial charge in [0.15, 0.2) is 5.82 Å². The molecule has 0 bridgehead atoms. The minimum Gasteiger partial charge on any atom is -0.507 e. The Kier molecular flexibility index (Phi) is 4.73. The second-order valence-corrected chi connectivity index (χ2v) is 9.38. The second-order valence-electron chi connectivity index (χ2n) is 9.38. The molecule has 0 radical (unpaired) electrons. The molecule has 1 saturated carbocycles. The van der Waals surface area contributed by atoms with Gasteiger partial charge in [-0.15, -0.1) is 0 Å². The van der Waals surface area contributed by atoms with E-state index in [1.807, 2.05) is 6.20 Å². The topological polar surface area (TPSA) is 100 Å². The molecule has 6 rings (SSSR count). The summed E-state index contributed by atoms with van der Waals surface area (Å²) >= 11 is 0. The third-order valence-corrected chi connectivity index (χ3v) is 6.61. The van der Waals surface area contributed by atoms with Gasteiger partial charge in [0, 0.05) is 74.2 Å².